The number of thiophene rings is 1. The summed E-state index contributed by atoms with van der Waals surface area (Å²) in [6.45, 7) is 5.74. The van der Waals surface area contributed by atoms with Gasteiger partial charge in [0.1, 0.15) is 6.10 Å². The molecular weight excluding hydrogens is 282 g/mol. The molecule has 1 fully saturated rings. The highest BCUT2D eigenvalue weighted by molar-refractivity contribution is 7.10. The van der Waals surface area contributed by atoms with Crippen LogP contribution in [0.4, 0.5) is 0 Å². The average molecular weight is 303 g/mol. The second-order valence-corrected chi connectivity index (χ2v) is 6.41. The van der Waals surface area contributed by atoms with Crippen LogP contribution in [0.25, 0.3) is 0 Å². The largest absolute Gasteiger partial charge is 0.386 e. The van der Waals surface area contributed by atoms with Crippen molar-refractivity contribution in [2.45, 2.75) is 12.6 Å². The predicted octanol–water partition coefficient (Wildman–Crippen LogP) is 1.99. The lowest BCUT2D eigenvalue weighted by molar-refractivity contribution is 0.0712. The van der Waals surface area contributed by atoms with E-state index in [1.807, 2.05) is 35.8 Å². The molecule has 4 nitrogen and oxygen atoms in total. The number of hydrogen-bond donors (Lipinski definition) is 1. The Bertz CT molecular complexity index is 524. The minimum atomic E-state index is -0.354. The standard InChI is InChI=1S/C16H21N3OS/c20-15(16-5-3-11-21-16)13-19-9-7-18(8-10-19)12-14-4-1-2-6-17-14/h1-6,11,15,20H,7-10,12-13H2/t15-/m0/s1. The minimum absolute atomic E-state index is 0.354. The molecule has 0 aliphatic carbocycles. The fourth-order valence-corrected chi connectivity index (χ4v) is 3.37. The molecule has 2 aromatic heterocycles. The number of aromatic nitrogens is 1. The summed E-state index contributed by atoms with van der Waals surface area (Å²) in [6, 6.07) is 10.1. The summed E-state index contributed by atoms with van der Waals surface area (Å²) in [5.41, 5.74) is 1.13. The quantitative estimate of drug-likeness (QED) is 0.917. The van der Waals surface area contributed by atoms with Crippen LogP contribution in [0.15, 0.2) is 41.9 Å². The van der Waals surface area contributed by atoms with E-state index in [0.29, 0.717) is 0 Å². The summed E-state index contributed by atoms with van der Waals surface area (Å²) in [5, 5.41) is 12.2. The van der Waals surface area contributed by atoms with E-state index in [-0.39, 0.29) is 6.10 Å². The normalized spacial score (nSPS) is 18.7. The highest BCUT2D eigenvalue weighted by Gasteiger charge is 2.20. The van der Waals surface area contributed by atoms with Crippen LogP contribution in [-0.4, -0.2) is 52.6 Å². The van der Waals surface area contributed by atoms with Crippen LogP contribution in [0.5, 0.6) is 0 Å². The molecule has 0 unspecified atom stereocenters. The van der Waals surface area contributed by atoms with Gasteiger partial charge < -0.3 is 5.11 Å². The van der Waals surface area contributed by atoms with Gasteiger partial charge in [-0.25, -0.2) is 0 Å². The van der Waals surface area contributed by atoms with E-state index < -0.39 is 0 Å². The monoisotopic (exact) mass is 303 g/mol. The van der Waals surface area contributed by atoms with Crippen LogP contribution in [-0.2, 0) is 6.54 Å². The number of nitrogens with zero attached hydrogens (tertiary/aromatic N) is 3. The van der Waals surface area contributed by atoms with Crippen molar-refractivity contribution < 1.29 is 5.11 Å². The van der Waals surface area contributed by atoms with E-state index in [4.69, 9.17) is 0 Å². The van der Waals surface area contributed by atoms with Crippen molar-refractivity contribution in [3.8, 4) is 0 Å². The van der Waals surface area contributed by atoms with E-state index in [1.165, 1.54) is 0 Å². The van der Waals surface area contributed by atoms with Gasteiger partial charge in [-0.05, 0) is 23.6 Å². The van der Waals surface area contributed by atoms with Crippen molar-refractivity contribution in [2.24, 2.45) is 0 Å². The molecule has 1 aliphatic rings. The van der Waals surface area contributed by atoms with Crippen molar-refractivity contribution in [3.63, 3.8) is 0 Å². The van der Waals surface area contributed by atoms with Gasteiger partial charge in [0.05, 0.1) is 5.69 Å². The first kappa shape index (κ1) is 14.7. The van der Waals surface area contributed by atoms with Crippen molar-refractivity contribution in [1.29, 1.82) is 0 Å². The molecule has 0 amide bonds. The van der Waals surface area contributed by atoms with Crippen LogP contribution < -0.4 is 0 Å². The lowest BCUT2D eigenvalue weighted by Gasteiger charge is -2.35. The van der Waals surface area contributed by atoms with Crippen LogP contribution >= 0.6 is 11.3 Å². The summed E-state index contributed by atoms with van der Waals surface area (Å²) < 4.78 is 0. The molecule has 3 heterocycles. The van der Waals surface area contributed by atoms with Crippen LogP contribution in [0.3, 0.4) is 0 Å². The topological polar surface area (TPSA) is 39.6 Å². The molecule has 1 saturated heterocycles. The Labute approximate surface area is 129 Å². The molecule has 0 aromatic carbocycles. The van der Waals surface area contributed by atoms with Gasteiger partial charge in [-0.15, -0.1) is 11.3 Å². The predicted molar refractivity (Wildman–Crippen MR) is 85.2 cm³/mol. The third-order valence-electron chi connectivity index (χ3n) is 3.88. The maximum atomic E-state index is 10.2. The first-order valence-corrected chi connectivity index (χ1v) is 8.25. The summed E-state index contributed by atoms with van der Waals surface area (Å²) in [5.74, 6) is 0. The van der Waals surface area contributed by atoms with E-state index in [0.717, 1.165) is 49.8 Å². The summed E-state index contributed by atoms with van der Waals surface area (Å²) >= 11 is 1.63. The summed E-state index contributed by atoms with van der Waals surface area (Å²) in [7, 11) is 0. The average Bonchev–Trinajstić information content (AvgIpc) is 3.05. The SMILES string of the molecule is O[C@@H](CN1CCN(Cc2ccccn2)CC1)c1cccs1. The molecular formula is C16H21N3OS. The Balaban J connectivity index is 1.45. The van der Waals surface area contributed by atoms with Gasteiger partial charge in [-0.1, -0.05) is 12.1 Å². The minimum Gasteiger partial charge on any atom is -0.386 e. The first-order valence-electron chi connectivity index (χ1n) is 7.37. The maximum Gasteiger partial charge on any atom is 0.101 e. The number of rotatable bonds is 5. The number of hydrogen-bond acceptors (Lipinski definition) is 5. The Morgan fingerprint density at radius 3 is 2.57 bits per heavy atom. The highest BCUT2D eigenvalue weighted by Crippen LogP contribution is 2.20. The number of piperazine rings is 1. The van der Waals surface area contributed by atoms with Crippen LogP contribution in [0.1, 0.15) is 16.7 Å². The fourth-order valence-electron chi connectivity index (χ4n) is 2.67. The molecule has 21 heavy (non-hydrogen) atoms. The van der Waals surface area contributed by atoms with E-state index in [2.05, 4.69) is 20.9 Å². The van der Waals surface area contributed by atoms with Crippen LogP contribution in [0.2, 0.25) is 0 Å². The number of aliphatic hydroxyl groups excluding tert-OH is 1. The molecule has 5 heteroatoms. The van der Waals surface area contributed by atoms with Gasteiger partial charge in [-0.3, -0.25) is 14.8 Å². The van der Waals surface area contributed by atoms with Crippen molar-refractivity contribution in [2.75, 3.05) is 32.7 Å². The smallest absolute Gasteiger partial charge is 0.101 e. The molecule has 2 aromatic rings. The third-order valence-corrected chi connectivity index (χ3v) is 4.85. The molecule has 0 spiro atoms. The molecule has 3 rings (SSSR count). The fraction of sp³-hybridized carbons (Fsp3) is 0.438. The van der Waals surface area contributed by atoms with Crippen LogP contribution in [0, 0.1) is 0 Å². The Kier molecular flexibility index (Phi) is 4.98. The molecule has 0 bridgehead atoms. The Morgan fingerprint density at radius 2 is 1.90 bits per heavy atom. The number of pyridine rings is 1. The second-order valence-electron chi connectivity index (χ2n) is 5.43. The molecule has 112 valence electrons. The number of β-amino-alcohol motifs (C(OH)–C–C–N with tert-alkyl or cyclic N) is 1. The molecule has 0 radical (unpaired) electrons. The van der Waals surface area contributed by atoms with Gasteiger partial charge in [0.15, 0.2) is 0 Å². The first-order chi connectivity index (χ1) is 10.3. The number of aliphatic hydroxyl groups is 1. The zero-order valence-corrected chi connectivity index (χ0v) is 12.9. The zero-order valence-electron chi connectivity index (χ0n) is 12.1. The maximum absolute atomic E-state index is 10.2. The van der Waals surface area contributed by atoms with Gasteiger partial charge in [0, 0.05) is 50.3 Å². The van der Waals surface area contributed by atoms with Gasteiger partial charge in [0.25, 0.3) is 0 Å². The summed E-state index contributed by atoms with van der Waals surface area (Å²) in [4.78, 5) is 10.2. The molecule has 1 aliphatic heterocycles. The van der Waals surface area contributed by atoms with Crippen molar-refractivity contribution >= 4 is 11.3 Å². The van der Waals surface area contributed by atoms with Gasteiger partial charge in [-0.2, -0.15) is 0 Å². The Morgan fingerprint density at radius 1 is 1.10 bits per heavy atom. The van der Waals surface area contributed by atoms with E-state index >= 15 is 0 Å². The lowest BCUT2D eigenvalue weighted by atomic mass is 10.2. The van der Waals surface area contributed by atoms with Crippen molar-refractivity contribution in [1.82, 2.24) is 14.8 Å². The van der Waals surface area contributed by atoms with E-state index in [9.17, 15) is 5.11 Å². The third kappa shape index (κ3) is 4.11. The van der Waals surface area contributed by atoms with E-state index in [1.54, 1.807) is 11.3 Å². The lowest BCUT2D eigenvalue weighted by Crippen LogP contribution is -2.47. The highest BCUT2D eigenvalue weighted by atomic mass is 32.1. The van der Waals surface area contributed by atoms with Crippen molar-refractivity contribution in [3.05, 3.63) is 52.5 Å². The van der Waals surface area contributed by atoms with Gasteiger partial charge in [0.2, 0.25) is 0 Å². The molecule has 1 N–H and O–H groups in total. The summed E-state index contributed by atoms with van der Waals surface area (Å²) in [6.07, 6.45) is 1.50. The zero-order chi connectivity index (χ0) is 14.5. The Hall–Kier alpha value is -1.27. The van der Waals surface area contributed by atoms with Gasteiger partial charge >= 0.3 is 0 Å². The molecule has 0 saturated carbocycles. The second kappa shape index (κ2) is 7.13. The molecule has 1 atom stereocenters.